The molecule has 1 unspecified atom stereocenters. The Kier molecular flexibility index (Phi) is 4.27. The fourth-order valence-corrected chi connectivity index (χ4v) is 2.51. The second-order valence-corrected chi connectivity index (χ2v) is 4.74. The molecule has 0 bridgehead atoms. The van der Waals surface area contributed by atoms with E-state index < -0.39 is 0 Å². The second kappa shape index (κ2) is 5.93. The Labute approximate surface area is 113 Å². The van der Waals surface area contributed by atoms with E-state index in [1.165, 1.54) is 0 Å². The largest absolute Gasteiger partial charge is 0.508 e. The third-order valence-corrected chi connectivity index (χ3v) is 3.57. The van der Waals surface area contributed by atoms with Gasteiger partial charge in [-0.2, -0.15) is 0 Å². The van der Waals surface area contributed by atoms with Crippen LogP contribution in [0, 0.1) is 0 Å². The summed E-state index contributed by atoms with van der Waals surface area (Å²) in [6.07, 6.45) is 1.87. The lowest BCUT2D eigenvalue weighted by atomic mass is 10.1. The van der Waals surface area contributed by atoms with Gasteiger partial charge in [-0.15, -0.1) is 0 Å². The molecular formula is C14H20N2O3. The highest BCUT2D eigenvalue weighted by molar-refractivity contribution is 5.81. The Hall–Kier alpha value is -1.75. The van der Waals surface area contributed by atoms with E-state index in [1.807, 2.05) is 6.07 Å². The van der Waals surface area contributed by atoms with Gasteiger partial charge in [0.1, 0.15) is 11.5 Å². The third-order valence-electron chi connectivity index (χ3n) is 3.57. The van der Waals surface area contributed by atoms with Gasteiger partial charge in [0.15, 0.2) is 0 Å². The van der Waals surface area contributed by atoms with Gasteiger partial charge >= 0.3 is 0 Å². The van der Waals surface area contributed by atoms with Gasteiger partial charge in [0, 0.05) is 19.2 Å². The van der Waals surface area contributed by atoms with Crippen LogP contribution in [-0.2, 0) is 11.3 Å². The number of phenols is 1. The third kappa shape index (κ3) is 2.98. The summed E-state index contributed by atoms with van der Waals surface area (Å²) >= 11 is 0. The van der Waals surface area contributed by atoms with Crippen molar-refractivity contribution in [1.82, 2.24) is 10.2 Å². The van der Waals surface area contributed by atoms with Crippen LogP contribution in [0.4, 0.5) is 0 Å². The fraction of sp³-hybridized carbons (Fsp3) is 0.500. The minimum Gasteiger partial charge on any atom is -0.508 e. The minimum atomic E-state index is -0.101. The molecule has 1 heterocycles. The number of methoxy groups -OCH3 is 1. The number of phenolic OH excluding ortho intramolecular Hbond substituents is 1. The molecule has 0 radical (unpaired) electrons. The summed E-state index contributed by atoms with van der Waals surface area (Å²) in [5, 5.41) is 12.6. The number of aromatic hydroxyl groups is 1. The van der Waals surface area contributed by atoms with E-state index in [4.69, 9.17) is 4.74 Å². The average molecular weight is 264 g/mol. The molecule has 0 saturated carbocycles. The van der Waals surface area contributed by atoms with Crippen LogP contribution in [0.5, 0.6) is 11.5 Å². The van der Waals surface area contributed by atoms with Crippen LogP contribution in [0.3, 0.4) is 0 Å². The maximum absolute atomic E-state index is 11.8. The van der Waals surface area contributed by atoms with Crippen molar-refractivity contribution in [2.75, 3.05) is 20.7 Å². The second-order valence-electron chi connectivity index (χ2n) is 4.74. The molecule has 1 aromatic rings. The average Bonchev–Trinajstić information content (AvgIpc) is 2.88. The van der Waals surface area contributed by atoms with Crippen molar-refractivity contribution in [1.29, 1.82) is 0 Å². The fourth-order valence-electron chi connectivity index (χ4n) is 2.51. The van der Waals surface area contributed by atoms with Crippen molar-refractivity contribution < 1.29 is 14.6 Å². The lowest BCUT2D eigenvalue weighted by Gasteiger charge is -2.23. The number of nitrogens with one attached hydrogen (secondary N) is 1. The number of benzene rings is 1. The molecule has 1 aromatic carbocycles. The summed E-state index contributed by atoms with van der Waals surface area (Å²) in [4.78, 5) is 13.9. The molecule has 1 atom stereocenters. The quantitative estimate of drug-likeness (QED) is 0.855. The highest BCUT2D eigenvalue weighted by Gasteiger charge is 2.30. The van der Waals surface area contributed by atoms with Crippen molar-refractivity contribution in [2.45, 2.75) is 25.4 Å². The Bertz CT molecular complexity index is 462. The first-order chi connectivity index (χ1) is 9.15. The predicted molar refractivity (Wildman–Crippen MR) is 72.2 cm³/mol. The van der Waals surface area contributed by atoms with Crippen molar-refractivity contribution in [3.05, 3.63) is 23.8 Å². The maximum atomic E-state index is 11.8. The number of carbonyl (C=O) groups is 1. The van der Waals surface area contributed by atoms with E-state index in [2.05, 4.69) is 10.2 Å². The number of amides is 1. The van der Waals surface area contributed by atoms with E-state index in [9.17, 15) is 9.90 Å². The number of hydrogen-bond donors (Lipinski definition) is 2. The van der Waals surface area contributed by atoms with Gasteiger partial charge in [0.25, 0.3) is 0 Å². The summed E-state index contributed by atoms with van der Waals surface area (Å²) in [6.45, 7) is 1.43. The van der Waals surface area contributed by atoms with Crippen molar-refractivity contribution in [3.8, 4) is 11.5 Å². The minimum absolute atomic E-state index is 0.0416. The number of rotatable bonds is 4. The van der Waals surface area contributed by atoms with Crippen LogP contribution in [-0.4, -0.2) is 42.7 Å². The molecule has 1 fully saturated rings. The zero-order valence-electron chi connectivity index (χ0n) is 11.3. The highest BCUT2D eigenvalue weighted by atomic mass is 16.5. The summed E-state index contributed by atoms with van der Waals surface area (Å²) in [5.41, 5.74) is 0.787. The zero-order chi connectivity index (χ0) is 13.8. The van der Waals surface area contributed by atoms with E-state index in [1.54, 1.807) is 26.3 Å². The smallest absolute Gasteiger partial charge is 0.237 e. The number of ether oxygens (including phenoxy) is 1. The first-order valence-electron chi connectivity index (χ1n) is 6.47. The topological polar surface area (TPSA) is 61.8 Å². The molecule has 0 spiro atoms. The molecule has 0 aromatic heterocycles. The van der Waals surface area contributed by atoms with Crippen LogP contribution in [0.25, 0.3) is 0 Å². The molecule has 5 nitrogen and oxygen atoms in total. The van der Waals surface area contributed by atoms with Crippen LogP contribution in [0.1, 0.15) is 18.4 Å². The lowest BCUT2D eigenvalue weighted by molar-refractivity contribution is -0.125. The molecule has 0 aliphatic carbocycles. The normalized spacial score (nSPS) is 19.4. The molecule has 1 aliphatic rings. The van der Waals surface area contributed by atoms with Gasteiger partial charge < -0.3 is 15.2 Å². The monoisotopic (exact) mass is 264 g/mol. The van der Waals surface area contributed by atoms with Gasteiger partial charge in [0.05, 0.1) is 13.2 Å². The molecule has 5 heteroatoms. The van der Waals surface area contributed by atoms with Gasteiger partial charge in [-0.25, -0.2) is 0 Å². The molecule has 2 N–H and O–H groups in total. The van der Waals surface area contributed by atoms with E-state index >= 15 is 0 Å². The molecule has 2 rings (SSSR count). The number of likely N-dealkylation sites (tertiary alicyclic amines) is 1. The summed E-state index contributed by atoms with van der Waals surface area (Å²) in [5.74, 6) is 0.992. The van der Waals surface area contributed by atoms with Gasteiger partial charge in [-0.3, -0.25) is 9.69 Å². The zero-order valence-corrected chi connectivity index (χ0v) is 11.3. The lowest BCUT2D eigenvalue weighted by Crippen LogP contribution is -2.41. The molecular weight excluding hydrogens is 244 g/mol. The summed E-state index contributed by atoms with van der Waals surface area (Å²) in [7, 11) is 3.25. The first kappa shape index (κ1) is 13.7. The Morgan fingerprint density at radius 3 is 3.05 bits per heavy atom. The number of likely N-dealkylation sites (N-methyl/N-ethyl adjacent to an activating group) is 1. The molecule has 104 valence electrons. The van der Waals surface area contributed by atoms with Gasteiger partial charge in [0.2, 0.25) is 5.91 Å². The Morgan fingerprint density at radius 2 is 2.37 bits per heavy atom. The van der Waals surface area contributed by atoms with Crippen molar-refractivity contribution in [2.24, 2.45) is 0 Å². The van der Waals surface area contributed by atoms with Gasteiger partial charge in [-0.1, -0.05) is 0 Å². The van der Waals surface area contributed by atoms with Crippen molar-refractivity contribution in [3.63, 3.8) is 0 Å². The van der Waals surface area contributed by atoms with Gasteiger partial charge in [-0.05, 0) is 37.6 Å². The van der Waals surface area contributed by atoms with E-state index in [0.29, 0.717) is 12.3 Å². The van der Waals surface area contributed by atoms with Crippen molar-refractivity contribution >= 4 is 5.91 Å². The number of hydrogen-bond acceptors (Lipinski definition) is 4. The molecule has 19 heavy (non-hydrogen) atoms. The molecule has 1 aliphatic heterocycles. The summed E-state index contributed by atoms with van der Waals surface area (Å²) < 4.78 is 5.16. The van der Waals surface area contributed by atoms with Crippen LogP contribution >= 0.6 is 0 Å². The first-order valence-corrected chi connectivity index (χ1v) is 6.47. The molecule has 1 amide bonds. The standard InChI is InChI=1S/C14H20N2O3/c1-15-14(18)12-4-3-7-16(12)9-10-8-11(19-2)5-6-13(10)17/h5-6,8,12,17H,3-4,7,9H2,1-2H3,(H,15,18). The van der Waals surface area contributed by atoms with E-state index in [0.717, 1.165) is 24.9 Å². The number of nitrogens with zero attached hydrogens (tertiary/aromatic N) is 1. The predicted octanol–water partition coefficient (Wildman–Crippen LogP) is 1.11. The van der Waals surface area contributed by atoms with Crippen LogP contribution in [0.15, 0.2) is 18.2 Å². The summed E-state index contributed by atoms with van der Waals surface area (Å²) in [6, 6.07) is 5.06. The Morgan fingerprint density at radius 1 is 1.58 bits per heavy atom. The number of carbonyl (C=O) groups excluding carboxylic acids is 1. The van der Waals surface area contributed by atoms with Crippen LogP contribution in [0.2, 0.25) is 0 Å². The maximum Gasteiger partial charge on any atom is 0.237 e. The molecule has 1 saturated heterocycles. The SMILES string of the molecule is CNC(=O)C1CCCN1Cc1cc(OC)ccc1O. The highest BCUT2D eigenvalue weighted by Crippen LogP contribution is 2.27. The van der Waals surface area contributed by atoms with E-state index in [-0.39, 0.29) is 17.7 Å². The Balaban J connectivity index is 2.14. The van der Waals surface area contributed by atoms with Crippen LogP contribution < -0.4 is 10.1 Å².